The van der Waals surface area contributed by atoms with Crippen LogP contribution in [0.1, 0.15) is 107 Å². The molecule has 3 aliphatic rings. The summed E-state index contributed by atoms with van der Waals surface area (Å²) in [5.41, 5.74) is 8.08. The second-order valence-electron chi connectivity index (χ2n) is 12.9. The van der Waals surface area contributed by atoms with Crippen LogP contribution in [0, 0.1) is 35.5 Å². The van der Waals surface area contributed by atoms with Gasteiger partial charge in [0, 0.05) is 23.7 Å². The first-order chi connectivity index (χ1) is 18.0. The molecule has 1 saturated carbocycles. The fraction of sp³-hybridized carbons (Fsp3) is 0.611. The van der Waals surface area contributed by atoms with Gasteiger partial charge in [-0.1, -0.05) is 69.9 Å². The molecule has 0 aromatic heterocycles. The third kappa shape index (κ3) is 7.45. The predicted molar refractivity (Wildman–Crippen MR) is 162 cm³/mol. The Morgan fingerprint density at radius 1 is 0.658 bits per heavy atom. The van der Waals surface area contributed by atoms with Gasteiger partial charge in [0.2, 0.25) is 0 Å². The minimum atomic E-state index is -0.149. The van der Waals surface area contributed by atoms with E-state index >= 15 is 0 Å². The number of carbonyl (C=O) groups excluding carboxylic acids is 2. The van der Waals surface area contributed by atoms with E-state index in [4.69, 9.17) is 0 Å². The maximum Gasteiger partial charge on any atom is 0.141 e. The number of hydrogen-bond donors (Lipinski definition) is 0. The van der Waals surface area contributed by atoms with E-state index in [1.807, 2.05) is 0 Å². The second-order valence-corrected chi connectivity index (χ2v) is 12.9. The van der Waals surface area contributed by atoms with E-state index in [9.17, 15) is 9.59 Å². The Labute approximate surface area is 233 Å². The van der Waals surface area contributed by atoms with E-state index in [0.717, 1.165) is 51.4 Å². The predicted octanol–water partition coefficient (Wildman–Crippen LogP) is 9.70. The molecule has 0 aliphatic heterocycles. The molecule has 3 rings (SSSR count). The number of ketones is 2. The number of rotatable bonds is 10. The van der Waals surface area contributed by atoms with Crippen LogP contribution in [0.4, 0.5) is 0 Å². The van der Waals surface area contributed by atoms with Gasteiger partial charge in [-0.3, -0.25) is 9.59 Å². The van der Waals surface area contributed by atoms with Crippen LogP contribution in [0.2, 0.25) is 0 Å². The molecule has 2 nitrogen and oxygen atoms in total. The zero-order chi connectivity index (χ0) is 28.0. The van der Waals surface area contributed by atoms with Crippen LogP contribution in [0.5, 0.6) is 0 Å². The van der Waals surface area contributed by atoms with Crippen molar-refractivity contribution in [2.75, 3.05) is 0 Å². The van der Waals surface area contributed by atoms with Gasteiger partial charge in [0.15, 0.2) is 0 Å². The van der Waals surface area contributed by atoms with Gasteiger partial charge in [-0.05, 0) is 119 Å². The molecule has 0 aromatic carbocycles. The fourth-order valence-electron chi connectivity index (χ4n) is 6.93. The third-order valence-electron chi connectivity index (χ3n) is 9.30. The van der Waals surface area contributed by atoms with Gasteiger partial charge in [0.05, 0.1) is 0 Å². The van der Waals surface area contributed by atoms with Crippen molar-refractivity contribution in [2.24, 2.45) is 35.5 Å². The van der Waals surface area contributed by atoms with Crippen molar-refractivity contribution in [3.05, 3.63) is 69.9 Å². The summed E-state index contributed by atoms with van der Waals surface area (Å²) in [5, 5.41) is 0. The van der Waals surface area contributed by atoms with Gasteiger partial charge < -0.3 is 0 Å². The highest BCUT2D eigenvalue weighted by molar-refractivity contribution is 6.01. The van der Waals surface area contributed by atoms with E-state index in [1.165, 1.54) is 33.4 Å². The molecule has 2 heteroatoms. The fourth-order valence-corrected chi connectivity index (χ4v) is 6.93. The van der Waals surface area contributed by atoms with Crippen LogP contribution in [0.15, 0.2) is 69.9 Å². The van der Waals surface area contributed by atoms with Crippen molar-refractivity contribution in [3.8, 4) is 0 Å². The Bertz CT molecular complexity index is 979. The van der Waals surface area contributed by atoms with Gasteiger partial charge >= 0.3 is 0 Å². The Morgan fingerprint density at radius 2 is 1.03 bits per heavy atom. The molecule has 0 N–H and O–H groups in total. The van der Waals surface area contributed by atoms with Crippen LogP contribution < -0.4 is 0 Å². The Kier molecular flexibility index (Phi) is 10.9. The second kappa shape index (κ2) is 13.7. The lowest BCUT2D eigenvalue weighted by Gasteiger charge is -2.48. The molecule has 0 aromatic rings. The normalized spacial score (nSPS) is 29.7. The monoisotopic (exact) mass is 516 g/mol. The van der Waals surface area contributed by atoms with Crippen LogP contribution >= 0.6 is 0 Å². The first kappa shape index (κ1) is 30.3. The molecular formula is C36H52O2. The highest BCUT2D eigenvalue weighted by Gasteiger charge is 2.55. The summed E-state index contributed by atoms with van der Waals surface area (Å²) in [6.45, 7) is 17.3. The molecule has 0 radical (unpaired) electrons. The summed E-state index contributed by atoms with van der Waals surface area (Å²) in [6, 6.07) is 0. The van der Waals surface area contributed by atoms with E-state index in [0.29, 0.717) is 11.6 Å². The van der Waals surface area contributed by atoms with Crippen molar-refractivity contribution >= 4 is 11.6 Å². The first-order valence-electron chi connectivity index (χ1n) is 15.0. The van der Waals surface area contributed by atoms with E-state index in [2.05, 4.69) is 91.8 Å². The molecule has 1 fully saturated rings. The van der Waals surface area contributed by atoms with Gasteiger partial charge in [0.25, 0.3) is 0 Å². The van der Waals surface area contributed by atoms with Crippen LogP contribution in [-0.2, 0) is 9.59 Å². The first-order valence-corrected chi connectivity index (χ1v) is 15.0. The lowest BCUT2D eigenvalue weighted by atomic mass is 9.53. The molecule has 208 valence electrons. The maximum atomic E-state index is 14.1. The molecule has 0 bridgehead atoms. The average molecular weight is 517 g/mol. The number of Topliss-reactive ketones (excluding diaryl/α,β-unsaturated/α-hetero) is 2. The number of fused-ring (bicyclic) bond motifs is 2. The molecule has 0 amide bonds. The smallest absolute Gasteiger partial charge is 0.141 e. The average Bonchev–Trinajstić information content (AvgIpc) is 2.85. The molecule has 6 unspecified atom stereocenters. The number of hydrogen-bond acceptors (Lipinski definition) is 2. The van der Waals surface area contributed by atoms with Crippen molar-refractivity contribution in [1.82, 2.24) is 0 Å². The Balaban J connectivity index is 1.78. The highest BCUT2D eigenvalue weighted by atomic mass is 16.1. The van der Waals surface area contributed by atoms with Crippen molar-refractivity contribution in [2.45, 2.75) is 107 Å². The van der Waals surface area contributed by atoms with Gasteiger partial charge in [-0.15, -0.1) is 0 Å². The van der Waals surface area contributed by atoms with Gasteiger partial charge in [0.1, 0.15) is 11.6 Å². The van der Waals surface area contributed by atoms with E-state index < -0.39 is 0 Å². The SMILES string of the molecule is CC(C)=CCC/C(C)=C/CC1C(C)=CCC2C(=O)C3C(CC=C(C)C3C/C=C(\C)CCC=C(C)C)C(=O)C21. The summed E-state index contributed by atoms with van der Waals surface area (Å²) in [5.74, 6) is 0.463. The summed E-state index contributed by atoms with van der Waals surface area (Å²) < 4.78 is 0. The molecule has 0 heterocycles. The van der Waals surface area contributed by atoms with E-state index in [1.54, 1.807) is 0 Å². The number of carbonyl (C=O) groups is 2. The summed E-state index contributed by atoms with van der Waals surface area (Å²) in [6.07, 6.45) is 21.2. The lowest BCUT2D eigenvalue weighted by Crippen LogP contribution is -2.54. The minimum absolute atomic E-state index is 0.145. The maximum absolute atomic E-state index is 14.1. The van der Waals surface area contributed by atoms with Gasteiger partial charge in [-0.2, -0.15) is 0 Å². The molecule has 0 spiro atoms. The summed E-state index contributed by atoms with van der Waals surface area (Å²) >= 11 is 0. The zero-order valence-corrected chi connectivity index (χ0v) is 25.4. The standard InChI is InChI=1S/C36H52O2/c1-23(2)11-9-13-25(5)15-19-29-27(7)17-21-31-33(29)35(37)32-22-18-28(8)30(34(32)36(31)38)20-16-26(6)14-10-12-24(3)4/h11-12,15-18,29-34H,9-10,13-14,19-22H2,1-8H3/b25-15+,26-16+. The van der Waals surface area contributed by atoms with Crippen molar-refractivity contribution in [1.29, 1.82) is 0 Å². The lowest BCUT2D eigenvalue weighted by molar-refractivity contribution is -0.151. The minimum Gasteiger partial charge on any atom is -0.299 e. The quantitative estimate of drug-likeness (QED) is 0.271. The van der Waals surface area contributed by atoms with Crippen LogP contribution in [0.25, 0.3) is 0 Å². The molecule has 38 heavy (non-hydrogen) atoms. The van der Waals surface area contributed by atoms with E-state index in [-0.39, 0.29) is 35.5 Å². The topological polar surface area (TPSA) is 34.1 Å². The third-order valence-corrected chi connectivity index (χ3v) is 9.30. The Hall–Kier alpha value is -2.22. The van der Waals surface area contributed by atoms with Crippen LogP contribution in [-0.4, -0.2) is 11.6 Å². The largest absolute Gasteiger partial charge is 0.299 e. The summed E-state index contributed by atoms with van der Waals surface area (Å²) in [4.78, 5) is 28.2. The molecular weight excluding hydrogens is 464 g/mol. The highest BCUT2D eigenvalue weighted by Crippen LogP contribution is 2.51. The molecule has 6 atom stereocenters. The summed E-state index contributed by atoms with van der Waals surface area (Å²) in [7, 11) is 0. The van der Waals surface area contributed by atoms with Crippen molar-refractivity contribution < 1.29 is 9.59 Å². The molecule has 3 aliphatic carbocycles. The Morgan fingerprint density at radius 3 is 1.37 bits per heavy atom. The molecule has 0 saturated heterocycles. The van der Waals surface area contributed by atoms with Crippen molar-refractivity contribution in [3.63, 3.8) is 0 Å². The van der Waals surface area contributed by atoms with Gasteiger partial charge in [-0.25, -0.2) is 0 Å². The number of allylic oxidation sites excluding steroid dienone is 12. The van der Waals surface area contributed by atoms with Crippen LogP contribution in [0.3, 0.4) is 0 Å². The zero-order valence-electron chi connectivity index (χ0n) is 25.4.